The summed E-state index contributed by atoms with van der Waals surface area (Å²) in [6.45, 7) is 19.7. The largest absolute Gasteiger partial charge is 0.494 e. The Bertz CT molecular complexity index is 2040. The van der Waals surface area contributed by atoms with Gasteiger partial charge >= 0.3 is 12.3 Å². The maximum atomic E-state index is 14.1. The van der Waals surface area contributed by atoms with Crippen LogP contribution < -0.4 is 25.2 Å². The van der Waals surface area contributed by atoms with Gasteiger partial charge in [0.05, 0.1) is 24.6 Å². The molecule has 18 heteroatoms. The van der Waals surface area contributed by atoms with Gasteiger partial charge in [-0.15, -0.1) is 0 Å². The first-order valence-electron chi connectivity index (χ1n) is 22.6. The van der Waals surface area contributed by atoms with Crippen molar-refractivity contribution in [3.05, 3.63) is 42.6 Å². The van der Waals surface area contributed by atoms with Crippen LogP contribution in [0.3, 0.4) is 0 Å². The van der Waals surface area contributed by atoms with Gasteiger partial charge in [0.1, 0.15) is 23.4 Å². The molecule has 2 saturated carbocycles. The first-order chi connectivity index (χ1) is 30.1. The number of nitrogens with one attached hydrogen (secondary N) is 2. The normalized spacial score (nSPS) is 25.5. The number of fused-ring (bicyclic) bond motifs is 3. The number of pyridine rings is 1. The van der Waals surface area contributed by atoms with Gasteiger partial charge in [-0.2, -0.15) is 13.2 Å². The second-order valence-corrected chi connectivity index (χ2v) is 18.6. The van der Waals surface area contributed by atoms with Gasteiger partial charge in [0.2, 0.25) is 33.3 Å². The molecule has 3 heterocycles. The van der Waals surface area contributed by atoms with Crippen LogP contribution in [0.1, 0.15) is 138 Å². The maximum absolute atomic E-state index is 14.1. The summed E-state index contributed by atoms with van der Waals surface area (Å²) in [7, 11) is -2.35. The fourth-order valence-corrected chi connectivity index (χ4v) is 9.44. The van der Waals surface area contributed by atoms with Gasteiger partial charge in [-0.25, -0.2) is 18.2 Å². The molecule has 1 aromatic carbocycles. The van der Waals surface area contributed by atoms with E-state index in [0.29, 0.717) is 36.8 Å². The summed E-state index contributed by atoms with van der Waals surface area (Å²) < 4.78 is 79.1. The van der Waals surface area contributed by atoms with Crippen molar-refractivity contribution in [1.82, 2.24) is 19.9 Å². The Morgan fingerprint density at radius 3 is 2.16 bits per heavy atom. The molecule has 2 aliphatic heterocycles. The highest BCUT2D eigenvalue weighted by Crippen LogP contribution is 2.49. The Kier molecular flexibility index (Phi) is 20.4. The molecular weight excluding hydrogens is 856 g/mol. The number of amides is 4. The molecular formula is C46H78F3N5O9S. The molecule has 4 amide bonds. The number of primary amides is 1. The van der Waals surface area contributed by atoms with Crippen LogP contribution in [0.15, 0.2) is 42.6 Å². The van der Waals surface area contributed by atoms with E-state index in [2.05, 4.69) is 39.3 Å². The molecule has 2 aromatic rings. The minimum Gasteiger partial charge on any atom is -0.494 e. The van der Waals surface area contributed by atoms with E-state index in [1.807, 2.05) is 78.0 Å². The van der Waals surface area contributed by atoms with Gasteiger partial charge in [-0.1, -0.05) is 92.7 Å². The zero-order chi connectivity index (χ0) is 48.8. The van der Waals surface area contributed by atoms with Crippen LogP contribution in [0, 0.1) is 17.8 Å². The van der Waals surface area contributed by atoms with Crippen molar-refractivity contribution in [2.75, 3.05) is 13.7 Å². The Morgan fingerprint density at radius 2 is 1.62 bits per heavy atom. The molecule has 0 unspecified atom stereocenters. The predicted octanol–water partition coefficient (Wildman–Crippen LogP) is 9.50. The van der Waals surface area contributed by atoms with E-state index >= 15 is 0 Å². The molecule has 0 radical (unpaired) electrons. The highest BCUT2D eigenvalue weighted by molar-refractivity contribution is 7.91. The van der Waals surface area contributed by atoms with Crippen LogP contribution in [0.5, 0.6) is 11.6 Å². The molecule has 0 bridgehead atoms. The van der Waals surface area contributed by atoms with Gasteiger partial charge in [0.25, 0.3) is 5.91 Å². The highest BCUT2D eigenvalue weighted by Gasteiger charge is 2.63. The zero-order valence-corrected chi connectivity index (χ0v) is 40.5. The third kappa shape index (κ3) is 13.5. The number of nitrogens with two attached hydrogens (primary N) is 1. The summed E-state index contributed by atoms with van der Waals surface area (Å²) >= 11 is 0. The number of sulfonamides is 1. The number of ether oxygens (including phenoxy) is 3. The van der Waals surface area contributed by atoms with Crippen LogP contribution in [0.4, 0.5) is 18.0 Å². The lowest BCUT2D eigenvalue weighted by Gasteiger charge is -2.28. The van der Waals surface area contributed by atoms with Crippen molar-refractivity contribution in [1.29, 1.82) is 0 Å². The minimum absolute atomic E-state index is 0. The van der Waals surface area contributed by atoms with Crippen molar-refractivity contribution in [3.8, 4) is 11.6 Å². The number of allylic oxidation sites excluding steroid dienone is 1. The fourth-order valence-electron chi connectivity index (χ4n) is 7.77. The zero-order valence-electron chi connectivity index (χ0n) is 39.7. The topological polar surface area (TPSA) is 196 Å². The summed E-state index contributed by atoms with van der Waals surface area (Å²) in [6, 6.07) is 6.68. The van der Waals surface area contributed by atoms with Gasteiger partial charge in [-0.3, -0.25) is 19.1 Å². The number of aromatic nitrogens is 1. The standard InChI is InChI=1S/C35H46N4O7S.C5H8F3NO2.3C2H6.3H2/c1-5-34(14-15-34)47(43,44)38-33(42)35-19-24(35)11-7-6-10-22(2)16-23(3)17-30(40)39-21-25(18-28(39)31(41)37-35)46-32-27-13-9-8-12-26(27)29(45-4)20-36-32;1-4(2,5(6,7)8)11-3(9)10;3*1-2;;;/h7-9,11-13,20,22-25,28H,5-6,10,14-19,21H2,1-4H3,(H,37,41)(H,38,42);1-2H3,(H2,9,10);3*1-2H3;3*1H/b11-7-;;;;;;;/t22-,23-,24-,25-,28+,35-;;;;;;;/m1......./s1. The Hall–Kier alpha value is -4.61. The van der Waals surface area contributed by atoms with Crippen LogP contribution in [-0.4, -0.2) is 90.0 Å². The average molecular weight is 934 g/mol. The molecule has 1 aromatic heterocycles. The Morgan fingerprint density at radius 1 is 1.02 bits per heavy atom. The summed E-state index contributed by atoms with van der Waals surface area (Å²) in [5.74, 6) is -0.233. The molecule has 1 saturated heterocycles. The summed E-state index contributed by atoms with van der Waals surface area (Å²) in [6.07, 6.45) is 3.75. The molecule has 4 N–H and O–H groups in total. The summed E-state index contributed by atoms with van der Waals surface area (Å²) in [5.41, 5.74) is 0.487. The third-order valence-electron chi connectivity index (χ3n) is 11.7. The second-order valence-electron chi connectivity index (χ2n) is 16.5. The number of hydrogen-bond acceptors (Lipinski definition) is 10. The van der Waals surface area contributed by atoms with Gasteiger partial charge < -0.3 is 30.2 Å². The van der Waals surface area contributed by atoms with Crippen molar-refractivity contribution in [2.24, 2.45) is 23.5 Å². The van der Waals surface area contributed by atoms with E-state index in [0.717, 1.165) is 43.9 Å². The quantitative estimate of drug-likeness (QED) is 0.215. The maximum Gasteiger partial charge on any atom is 0.427 e. The van der Waals surface area contributed by atoms with Crippen LogP contribution >= 0.6 is 0 Å². The second kappa shape index (κ2) is 23.5. The summed E-state index contributed by atoms with van der Waals surface area (Å²) in [5, 5.41) is 4.52. The van der Waals surface area contributed by atoms with Crippen molar-refractivity contribution in [2.45, 2.75) is 168 Å². The van der Waals surface area contributed by atoms with E-state index in [9.17, 15) is 40.8 Å². The number of carbonyl (C=O) groups is 4. The molecule has 6 rings (SSSR count). The number of rotatable bonds is 8. The van der Waals surface area contributed by atoms with Crippen molar-refractivity contribution < 1.29 is 59.3 Å². The van der Waals surface area contributed by atoms with Crippen molar-refractivity contribution >= 4 is 44.6 Å². The number of alkyl halides is 3. The molecule has 368 valence electrons. The number of halogens is 3. The van der Waals surface area contributed by atoms with E-state index in [1.165, 1.54) is 0 Å². The lowest BCUT2D eigenvalue weighted by atomic mass is 9.91. The monoisotopic (exact) mass is 934 g/mol. The molecule has 14 nitrogen and oxygen atoms in total. The number of benzene rings is 1. The minimum atomic E-state index is -4.60. The van der Waals surface area contributed by atoms with Crippen molar-refractivity contribution in [3.63, 3.8) is 0 Å². The molecule has 64 heavy (non-hydrogen) atoms. The summed E-state index contributed by atoms with van der Waals surface area (Å²) in [4.78, 5) is 57.8. The van der Waals surface area contributed by atoms with E-state index in [-0.39, 0.29) is 47.8 Å². The molecule has 2 aliphatic carbocycles. The molecule has 0 spiro atoms. The molecule has 4 aliphatic rings. The number of hydrogen-bond donors (Lipinski definition) is 3. The van der Waals surface area contributed by atoms with Crippen LogP contribution in [-0.2, 0) is 29.1 Å². The third-order valence-corrected chi connectivity index (χ3v) is 14.0. The van der Waals surface area contributed by atoms with Crippen LogP contribution in [0.2, 0.25) is 0 Å². The first-order valence-corrected chi connectivity index (χ1v) is 24.1. The number of methoxy groups -OCH3 is 1. The predicted molar refractivity (Wildman–Crippen MR) is 248 cm³/mol. The van der Waals surface area contributed by atoms with Gasteiger partial charge in [0, 0.05) is 33.8 Å². The smallest absolute Gasteiger partial charge is 0.427 e. The average Bonchev–Trinajstić information content (AvgIpc) is 4.15. The highest BCUT2D eigenvalue weighted by atomic mass is 32.2. The Balaban J connectivity index is 0. The van der Waals surface area contributed by atoms with E-state index in [4.69, 9.17) is 9.47 Å². The van der Waals surface area contributed by atoms with E-state index in [1.54, 1.807) is 25.1 Å². The van der Waals surface area contributed by atoms with E-state index < -0.39 is 62.1 Å². The lowest BCUT2D eigenvalue weighted by molar-refractivity contribution is -0.243. The first kappa shape index (κ1) is 55.5. The number of nitrogens with zero attached hydrogens (tertiary/aromatic N) is 2. The molecule has 3 fully saturated rings. The van der Waals surface area contributed by atoms with Gasteiger partial charge in [-0.05, 0) is 76.7 Å². The van der Waals surface area contributed by atoms with Crippen LogP contribution in [0.25, 0.3) is 10.8 Å². The SMILES string of the molecule is CC.CC.CC.CC(C)(OC(N)=O)C(F)(F)F.CCC1(S(=O)(=O)NC(=O)[C@@]23C[C@H]2/C=C\CC[C@@H](C)C[C@@H](C)CC(=O)N2C[C@H](Oc4ncc(OC)c5ccccc45)C[C@H]2C(=O)N3)CC1.[HH].[HH].[HH]. The number of carbonyl (C=O) groups excluding carboxylic acids is 4. The fraction of sp³-hybridized carbons (Fsp3) is 0.674. The Labute approximate surface area is 382 Å². The van der Waals surface area contributed by atoms with Gasteiger partial charge in [0.15, 0.2) is 0 Å². The lowest BCUT2D eigenvalue weighted by Crippen LogP contribution is -2.57. The molecule has 6 atom stereocenters.